The van der Waals surface area contributed by atoms with E-state index in [-0.39, 0.29) is 27.0 Å². The summed E-state index contributed by atoms with van der Waals surface area (Å²) < 4.78 is 39.8. The fraction of sp³-hybridized carbons (Fsp3) is 0.0526. The van der Waals surface area contributed by atoms with Crippen LogP contribution in [0.5, 0.6) is 0 Å². The summed E-state index contributed by atoms with van der Waals surface area (Å²) in [6.07, 6.45) is -3.22. The summed E-state index contributed by atoms with van der Waals surface area (Å²) in [6, 6.07) is 10.1. The number of rotatable bonds is 1. The van der Waals surface area contributed by atoms with Crippen molar-refractivity contribution in [1.29, 1.82) is 5.26 Å². The second-order valence-corrected chi connectivity index (χ2v) is 6.74. The van der Waals surface area contributed by atoms with E-state index in [0.29, 0.717) is 10.6 Å². The first-order valence-corrected chi connectivity index (χ1v) is 8.66. The fourth-order valence-corrected chi connectivity index (χ4v) is 3.07. The van der Waals surface area contributed by atoms with Crippen LogP contribution in [0.15, 0.2) is 42.6 Å². The molecule has 0 bridgehead atoms. The standard InChI is InChI=1S/C19H7Cl3F3N3/c20-14-5-2-11(3-6-14)1-4-12-10-28(27-17(12)9-26)18-15(21)7-13(8-16(18)22)19(23,24)25/h2-3,5-8,10H. The first-order valence-electron chi connectivity index (χ1n) is 7.53. The van der Waals surface area contributed by atoms with E-state index in [1.165, 1.54) is 6.20 Å². The highest BCUT2D eigenvalue weighted by atomic mass is 35.5. The van der Waals surface area contributed by atoms with Crippen LogP contribution >= 0.6 is 34.8 Å². The van der Waals surface area contributed by atoms with Gasteiger partial charge in [0.05, 0.1) is 21.2 Å². The smallest absolute Gasteiger partial charge is 0.235 e. The van der Waals surface area contributed by atoms with E-state index in [1.807, 2.05) is 6.07 Å². The molecule has 0 amide bonds. The first-order chi connectivity index (χ1) is 13.2. The molecule has 0 N–H and O–H groups in total. The zero-order chi connectivity index (χ0) is 20.5. The summed E-state index contributed by atoms with van der Waals surface area (Å²) in [4.78, 5) is 0. The van der Waals surface area contributed by atoms with Crippen LogP contribution in [0, 0.1) is 23.2 Å². The molecule has 0 unspecified atom stereocenters. The summed E-state index contributed by atoms with van der Waals surface area (Å²) in [5, 5.41) is 13.3. The van der Waals surface area contributed by atoms with Gasteiger partial charge in [0.1, 0.15) is 11.8 Å². The third-order valence-electron chi connectivity index (χ3n) is 3.58. The van der Waals surface area contributed by atoms with Gasteiger partial charge in [-0.15, -0.1) is 0 Å². The molecule has 28 heavy (non-hydrogen) atoms. The summed E-state index contributed by atoms with van der Waals surface area (Å²) in [7, 11) is 0. The maximum atomic E-state index is 12.9. The molecule has 0 aliphatic rings. The van der Waals surface area contributed by atoms with Crippen LogP contribution in [0.3, 0.4) is 0 Å². The number of halogens is 6. The SMILES string of the molecule is N#Cc1nn(-c2c(Cl)cc(C(F)(F)F)cc2Cl)cc1C#Cc1ccc(Cl)cc1. The quantitative estimate of drug-likeness (QED) is 0.428. The fourth-order valence-electron chi connectivity index (χ4n) is 2.28. The monoisotopic (exact) mass is 439 g/mol. The average Bonchev–Trinajstić information content (AvgIpc) is 3.02. The molecule has 0 fully saturated rings. The molecule has 1 aromatic heterocycles. The van der Waals surface area contributed by atoms with Gasteiger partial charge in [-0.05, 0) is 36.4 Å². The highest BCUT2D eigenvalue weighted by Crippen LogP contribution is 2.37. The number of nitriles is 1. The van der Waals surface area contributed by atoms with E-state index in [9.17, 15) is 18.4 Å². The lowest BCUT2D eigenvalue weighted by Gasteiger charge is -2.12. The van der Waals surface area contributed by atoms with E-state index in [4.69, 9.17) is 34.8 Å². The number of nitrogens with zero attached hydrogens (tertiary/aromatic N) is 3. The Labute approximate surface area is 172 Å². The second-order valence-electron chi connectivity index (χ2n) is 5.49. The van der Waals surface area contributed by atoms with Gasteiger partial charge in [-0.2, -0.15) is 23.5 Å². The van der Waals surface area contributed by atoms with E-state index < -0.39 is 11.7 Å². The van der Waals surface area contributed by atoms with E-state index >= 15 is 0 Å². The number of hydrogen-bond donors (Lipinski definition) is 0. The summed E-state index contributed by atoms with van der Waals surface area (Å²) in [6.45, 7) is 0. The van der Waals surface area contributed by atoms with Gasteiger partial charge in [-0.25, -0.2) is 4.68 Å². The predicted molar refractivity (Wildman–Crippen MR) is 101 cm³/mol. The zero-order valence-electron chi connectivity index (χ0n) is 13.7. The molecule has 3 aromatic rings. The van der Waals surface area contributed by atoms with E-state index in [2.05, 4.69) is 16.9 Å². The van der Waals surface area contributed by atoms with Crippen molar-refractivity contribution < 1.29 is 13.2 Å². The topological polar surface area (TPSA) is 41.6 Å². The molecule has 0 aliphatic carbocycles. The Hall–Kier alpha value is -2.64. The Morgan fingerprint density at radius 1 is 0.964 bits per heavy atom. The van der Waals surface area contributed by atoms with Crippen molar-refractivity contribution >= 4 is 34.8 Å². The normalized spacial score (nSPS) is 10.9. The van der Waals surface area contributed by atoms with Crippen LogP contribution in [-0.2, 0) is 6.18 Å². The van der Waals surface area contributed by atoms with E-state index in [0.717, 1.165) is 16.8 Å². The minimum atomic E-state index is -4.59. The number of benzene rings is 2. The Morgan fingerprint density at radius 3 is 2.11 bits per heavy atom. The van der Waals surface area contributed by atoms with Crippen LogP contribution in [0.4, 0.5) is 13.2 Å². The van der Waals surface area contributed by atoms with Gasteiger partial charge in [-0.1, -0.05) is 46.6 Å². The molecule has 0 saturated carbocycles. The van der Waals surface area contributed by atoms with Crippen molar-refractivity contribution in [3.8, 4) is 23.6 Å². The number of hydrogen-bond acceptors (Lipinski definition) is 2. The molecule has 0 radical (unpaired) electrons. The molecule has 0 atom stereocenters. The number of alkyl halides is 3. The zero-order valence-corrected chi connectivity index (χ0v) is 15.9. The number of aromatic nitrogens is 2. The van der Waals surface area contributed by atoms with Crippen LogP contribution in [0.2, 0.25) is 15.1 Å². The lowest BCUT2D eigenvalue weighted by atomic mass is 10.2. The Bertz CT molecular complexity index is 1120. The average molecular weight is 441 g/mol. The molecule has 0 aliphatic heterocycles. The van der Waals surface area contributed by atoms with Crippen molar-refractivity contribution in [1.82, 2.24) is 9.78 Å². The second kappa shape index (κ2) is 7.77. The summed E-state index contributed by atoms with van der Waals surface area (Å²) >= 11 is 17.8. The van der Waals surface area contributed by atoms with Crippen LogP contribution in [-0.4, -0.2) is 9.78 Å². The highest BCUT2D eigenvalue weighted by molar-refractivity contribution is 6.37. The molecule has 140 valence electrons. The minimum Gasteiger partial charge on any atom is -0.235 e. The van der Waals surface area contributed by atoms with Gasteiger partial charge in [0, 0.05) is 16.8 Å². The third-order valence-corrected chi connectivity index (χ3v) is 4.41. The Balaban J connectivity index is 2.04. The van der Waals surface area contributed by atoms with Crippen LogP contribution < -0.4 is 0 Å². The highest BCUT2D eigenvalue weighted by Gasteiger charge is 2.32. The van der Waals surface area contributed by atoms with Gasteiger partial charge in [0.25, 0.3) is 0 Å². The Morgan fingerprint density at radius 2 is 1.57 bits per heavy atom. The van der Waals surface area contributed by atoms with Gasteiger partial charge in [-0.3, -0.25) is 0 Å². The molecular formula is C19H7Cl3F3N3. The van der Waals surface area contributed by atoms with Crippen molar-refractivity contribution in [2.24, 2.45) is 0 Å². The summed E-state index contributed by atoms with van der Waals surface area (Å²) in [5.41, 5.74) is -0.0568. The third kappa shape index (κ3) is 4.26. The van der Waals surface area contributed by atoms with Crippen LogP contribution in [0.25, 0.3) is 5.69 Å². The molecule has 1 heterocycles. The first kappa shape index (κ1) is 20.1. The molecule has 9 heteroatoms. The van der Waals surface area contributed by atoms with E-state index in [1.54, 1.807) is 24.3 Å². The van der Waals surface area contributed by atoms with Gasteiger partial charge in [0.2, 0.25) is 0 Å². The molecule has 3 rings (SSSR count). The van der Waals surface area contributed by atoms with Gasteiger partial charge >= 0.3 is 6.18 Å². The molecular weight excluding hydrogens is 434 g/mol. The maximum absolute atomic E-state index is 12.9. The molecule has 2 aromatic carbocycles. The lowest BCUT2D eigenvalue weighted by Crippen LogP contribution is -2.07. The predicted octanol–water partition coefficient (Wildman–Crippen LogP) is 6.12. The molecule has 3 nitrogen and oxygen atoms in total. The summed E-state index contributed by atoms with van der Waals surface area (Å²) in [5.74, 6) is 5.66. The van der Waals surface area contributed by atoms with Crippen LogP contribution in [0.1, 0.15) is 22.4 Å². The molecule has 0 spiro atoms. The van der Waals surface area contributed by atoms with Crippen molar-refractivity contribution in [2.75, 3.05) is 0 Å². The van der Waals surface area contributed by atoms with Gasteiger partial charge < -0.3 is 0 Å². The van der Waals surface area contributed by atoms with Crippen molar-refractivity contribution in [3.05, 3.63) is 80.0 Å². The molecule has 0 saturated heterocycles. The van der Waals surface area contributed by atoms with Gasteiger partial charge in [0.15, 0.2) is 5.69 Å². The van der Waals surface area contributed by atoms with Crippen molar-refractivity contribution in [2.45, 2.75) is 6.18 Å². The minimum absolute atomic E-state index is 0.0199. The largest absolute Gasteiger partial charge is 0.416 e. The van der Waals surface area contributed by atoms with Crippen molar-refractivity contribution in [3.63, 3.8) is 0 Å². The Kier molecular flexibility index (Phi) is 5.58. The lowest BCUT2D eigenvalue weighted by molar-refractivity contribution is -0.137. The maximum Gasteiger partial charge on any atom is 0.416 e.